The van der Waals surface area contributed by atoms with Crippen molar-refractivity contribution in [3.8, 4) is 5.75 Å². The van der Waals surface area contributed by atoms with Crippen LogP contribution in [0, 0.1) is 5.92 Å². The monoisotopic (exact) mass is 514 g/mol. The molecule has 5 rings (SSSR count). The number of benzene rings is 2. The molecule has 0 bridgehead atoms. The molecule has 1 aromatic heterocycles. The summed E-state index contributed by atoms with van der Waals surface area (Å²) in [6, 6.07) is 11.6. The second kappa shape index (κ2) is 9.43. The van der Waals surface area contributed by atoms with E-state index < -0.39 is 5.54 Å². The Labute approximate surface area is 214 Å². The van der Waals surface area contributed by atoms with Crippen molar-refractivity contribution < 1.29 is 19.3 Å². The molecule has 8 heteroatoms. The van der Waals surface area contributed by atoms with Crippen LogP contribution in [-0.4, -0.2) is 42.7 Å². The van der Waals surface area contributed by atoms with Crippen LogP contribution in [0.4, 0.5) is 0 Å². The first-order valence-corrected chi connectivity index (χ1v) is 12.3. The first-order chi connectivity index (χ1) is 16.8. The second-order valence-corrected chi connectivity index (χ2v) is 10.0. The zero-order valence-corrected chi connectivity index (χ0v) is 21.1. The number of nitrogens with zero attached hydrogens (tertiary/aromatic N) is 1. The van der Waals surface area contributed by atoms with Crippen LogP contribution >= 0.6 is 23.2 Å². The number of halogens is 2. The van der Waals surface area contributed by atoms with E-state index >= 15 is 0 Å². The van der Waals surface area contributed by atoms with Gasteiger partial charge in [0.15, 0.2) is 0 Å². The van der Waals surface area contributed by atoms with Gasteiger partial charge in [-0.05, 0) is 11.6 Å². The van der Waals surface area contributed by atoms with E-state index in [0.717, 1.165) is 34.3 Å². The number of aryl methyl sites for hydroxylation is 1. The molecule has 2 saturated heterocycles. The number of rotatable bonds is 8. The fraction of sp³-hybridized carbons (Fsp3) is 0.333. The highest BCUT2D eigenvalue weighted by Crippen LogP contribution is 2.41. The zero-order chi connectivity index (χ0) is 24.7. The molecule has 1 atom stereocenters. The molecule has 35 heavy (non-hydrogen) atoms. The Morgan fingerprint density at radius 2 is 1.91 bits per heavy atom. The molecule has 6 nitrogen and oxygen atoms in total. The van der Waals surface area contributed by atoms with Gasteiger partial charge in [0.05, 0.1) is 53.9 Å². The second-order valence-electron chi connectivity index (χ2n) is 9.25. The summed E-state index contributed by atoms with van der Waals surface area (Å²) < 4.78 is 19.0. The first kappa shape index (κ1) is 24.1. The van der Waals surface area contributed by atoms with Crippen LogP contribution in [0.5, 0.6) is 5.75 Å². The van der Waals surface area contributed by atoms with Crippen molar-refractivity contribution in [1.29, 1.82) is 0 Å². The topological polar surface area (TPSA) is 64.9 Å². The van der Waals surface area contributed by atoms with Gasteiger partial charge in [0.25, 0.3) is 0 Å². The van der Waals surface area contributed by atoms with Crippen molar-refractivity contribution in [2.45, 2.75) is 12.0 Å². The Bertz CT molecular complexity index is 1290. The lowest BCUT2D eigenvalue weighted by Crippen LogP contribution is -2.42. The van der Waals surface area contributed by atoms with Gasteiger partial charge in [-0.3, -0.25) is 0 Å². The summed E-state index contributed by atoms with van der Waals surface area (Å²) >= 11 is 13.2. The molecule has 2 aromatic carbocycles. The average Bonchev–Trinajstić information content (AvgIpc) is 3.41. The third kappa shape index (κ3) is 4.40. The molecule has 0 aliphatic carbocycles. The number of aromatic nitrogens is 1. The largest absolute Gasteiger partial charge is 0.508 e. The Hall–Kier alpha value is -2.64. The Morgan fingerprint density at radius 1 is 1.17 bits per heavy atom. The van der Waals surface area contributed by atoms with Crippen LogP contribution in [0.1, 0.15) is 23.2 Å². The van der Waals surface area contributed by atoms with E-state index in [-0.39, 0.29) is 5.76 Å². The van der Waals surface area contributed by atoms with Gasteiger partial charge >= 0.3 is 0 Å². The van der Waals surface area contributed by atoms with Crippen molar-refractivity contribution in [1.82, 2.24) is 9.88 Å². The highest BCUT2D eigenvalue weighted by molar-refractivity contribution is 6.46. The van der Waals surface area contributed by atoms with Gasteiger partial charge in [-0.1, -0.05) is 60.6 Å². The zero-order valence-electron chi connectivity index (χ0n) is 19.6. The van der Waals surface area contributed by atoms with Crippen LogP contribution in [0.3, 0.4) is 0 Å². The van der Waals surface area contributed by atoms with Crippen molar-refractivity contribution in [2.75, 3.05) is 33.0 Å². The summed E-state index contributed by atoms with van der Waals surface area (Å²) in [5.41, 5.74) is 3.82. The van der Waals surface area contributed by atoms with Crippen molar-refractivity contribution in [3.63, 3.8) is 0 Å². The van der Waals surface area contributed by atoms with Crippen LogP contribution in [0.2, 0.25) is 10.0 Å². The van der Waals surface area contributed by atoms with Gasteiger partial charge in [-0.2, -0.15) is 0 Å². The third-order valence-electron chi connectivity index (χ3n) is 6.87. The molecular weight excluding hydrogens is 487 g/mol. The standard InChI is InChI=1S/C27H28Cl2N2O4/c1-16(30-27(8-9-33-15-27)20-6-4-19(5-7-20)17(2)32)22-10-21-23(31(22)3)11-24(26(29)25(21)28)35-14-18-12-34-13-18/h4-7,10-11,18,30,32H,1-2,8-9,12-15H2,3H3. The molecule has 184 valence electrons. The van der Waals surface area contributed by atoms with Gasteiger partial charge in [0, 0.05) is 43.0 Å². The van der Waals surface area contributed by atoms with Gasteiger partial charge in [-0.15, -0.1) is 0 Å². The quantitative estimate of drug-likeness (QED) is 0.365. The molecule has 2 N–H and O–H groups in total. The van der Waals surface area contributed by atoms with E-state index in [1.165, 1.54) is 0 Å². The van der Waals surface area contributed by atoms with Crippen LogP contribution in [0.15, 0.2) is 49.6 Å². The van der Waals surface area contributed by atoms with Gasteiger partial charge in [-0.25, -0.2) is 0 Å². The molecule has 2 aliphatic rings. The molecule has 0 saturated carbocycles. The number of aliphatic hydroxyl groups excluding tert-OH is 1. The fourth-order valence-electron chi connectivity index (χ4n) is 4.66. The minimum absolute atomic E-state index is 0.0426. The third-order valence-corrected chi connectivity index (χ3v) is 7.73. The Kier molecular flexibility index (Phi) is 6.49. The maximum Gasteiger partial charge on any atom is 0.141 e. The highest BCUT2D eigenvalue weighted by Gasteiger charge is 2.37. The molecule has 3 heterocycles. The summed E-state index contributed by atoms with van der Waals surface area (Å²) in [4.78, 5) is 0. The lowest BCUT2D eigenvalue weighted by molar-refractivity contribution is -0.0508. The predicted molar refractivity (Wildman–Crippen MR) is 140 cm³/mol. The van der Waals surface area contributed by atoms with Gasteiger partial charge in [0.2, 0.25) is 0 Å². The first-order valence-electron chi connectivity index (χ1n) is 11.5. The van der Waals surface area contributed by atoms with Crippen molar-refractivity contribution in [2.24, 2.45) is 13.0 Å². The molecule has 1 unspecified atom stereocenters. The summed E-state index contributed by atoms with van der Waals surface area (Å²) in [7, 11) is 1.97. The minimum Gasteiger partial charge on any atom is -0.508 e. The molecular formula is C27H28Cl2N2O4. The Morgan fingerprint density at radius 3 is 2.51 bits per heavy atom. The van der Waals surface area contributed by atoms with E-state index in [4.69, 9.17) is 37.4 Å². The number of fused-ring (bicyclic) bond motifs is 1. The molecule has 0 radical (unpaired) electrons. The maximum atomic E-state index is 9.69. The van der Waals surface area contributed by atoms with E-state index in [0.29, 0.717) is 60.3 Å². The molecule has 2 aliphatic heterocycles. The summed E-state index contributed by atoms with van der Waals surface area (Å²) in [5.74, 6) is 0.984. The van der Waals surface area contributed by atoms with Crippen molar-refractivity contribution >= 4 is 45.6 Å². The summed E-state index contributed by atoms with van der Waals surface area (Å²) in [5, 5.41) is 15.0. The SMILES string of the molecule is C=C(O)c1ccc(C2(NC(=C)c3cc4c(Cl)c(Cl)c(OCC5COC5)cc4n3C)CCOC2)cc1. The number of nitrogens with one attached hydrogen (secondary N) is 1. The van der Waals surface area contributed by atoms with Crippen molar-refractivity contribution in [3.05, 3.63) is 76.4 Å². The minimum atomic E-state index is -0.441. The smallest absolute Gasteiger partial charge is 0.141 e. The highest BCUT2D eigenvalue weighted by atomic mass is 35.5. The van der Waals surface area contributed by atoms with Gasteiger partial charge < -0.3 is 29.2 Å². The lowest BCUT2D eigenvalue weighted by Gasteiger charge is -2.32. The average molecular weight is 515 g/mol. The van der Waals surface area contributed by atoms with E-state index in [9.17, 15) is 5.11 Å². The fourth-order valence-corrected chi connectivity index (χ4v) is 5.12. The molecule has 0 amide bonds. The molecule has 2 fully saturated rings. The predicted octanol–water partition coefficient (Wildman–Crippen LogP) is 5.92. The maximum absolute atomic E-state index is 9.69. The van der Waals surface area contributed by atoms with Crippen LogP contribution in [-0.2, 0) is 22.1 Å². The Balaban J connectivity index is 1.44. The van der Waals surface area contributed by atoms with E-state index in [2.05, 4.69) is 18.5 Å². The van der Waals surface area contributed by atoms with Crippen LogP contribution < -0.4 is 10.1 Å². The lowest BCUT2D eigenvalue weighted by atomic mass is 9.88. The number of hydrogen-bond acceptors (Lipinski definition) is 5. The summed E-state index contributed by atoms with van der Waals surface area (Å²) in [6.07, 6.45) is 0.783. The van der Waals surface area contributed by atoms with E-state index in [1.54, 1.807) is 0 Å². The number of hydrogen-bond donors (Lipinski definition) is 2. The molecule has 0 spiro atoms. The summed E-state index contributed by atoms with van der Waals surface area (Å²) in [6.45, 7) is 11.0. The van der Waals surface area contributed by atoms with E-state index in [1.807, 2.05) is 48.0 Å². The number of ether oxygens (including phenoxy) is 3. The number of aliphatic hydroxyl groups is 1. The normalized spacial score (nSPS) is 20.1. The van der Waals surface area contributed by atoms with Gasteiger partial charge in [0.1, 0.15) is 16.5 Å². The van der Waals surface area contributed by atoms with Crippen LogP contribution in [0.25, 0.3) is 22.4 Å². The molecule has 3 aromatic rings.